The molecule has 4 rings (SSSR count). The van der Waals surface area contributed by atoms with Crippen molar-refractivity contribution in [1.29, 1.82) is 0 Å². The van der Waals surface area contributed by atoms with Crippen LogP contribution in [0.4, 0.5) is 0 Å². The normalized spacial score (nSPS) is 12.5. The molecular weight excluding hydrogens is 378 g/mol. The first-order valence-electron chi connectivity index (χ1n) is 10.0. The van der Waals surface area contributed by atoms with Crippen LogP contribution in [0.25, 0.3) is 22.3 Å². The van der Waals surface area contributed by atoms with Crippen LogP contribution in [0.3, 0.4) is 0 Å². The van der Waals surface area contributed by atoms with Gasteiger partial charge in [0.2, 0.25) is 0 Å². The van der Waals surface area contributed by atoms with Gasteiger partial charge in [0, 0.05) is 17.8 Å². The Hall–Kier alpha value is -3.48. The van der Waals surface area contributed by atoms with E-state index < -0.39 is 0 Å². The van der Waals surface area contributed by atoms with Crippen LogP contribution in [-0.4, -0.2) is 25.7 Å². The third-order valence-electron chi connectivity index (χ3n) is 5.10. The van der Waals surface area contributed by atoms with Crippen molar-refractivity contribution >= 4 is 16.9 Å². The molecule has 0 aromatic carbocycles. The number of aryl methyl sites for hydroxylation is 2. The van der Waals surface area contributed by atoms with E-state index in [1.807, 2.05) is 69.6 Å². The van der Waals surface area contributed by atoms with Crippen molar-refractivity contribution in [2.75, 3.05) is 0 Å². The van der Waals surface area contributed by atoms with E-state index in [0.29, 0.717) is 16.9 Å². The first-order valence-corrected chi connectivity index (χ1v) is 10.0. The number of hydrogen-bond donors (Lipinski definition) is 1. The van der Waals surface area contributed by atoms with Crippen molar-refractivity contribution in [3.8, 4) is 11.3 Å². The predicted molar refractivity (Wildman–Crippen MR) is 115 cm³/mol. The molecule has 0 aliphatic carbocycles. The highest BCUT2D eigenvalue weighted by Gasteiger charge is 2.21. The van der Waals surface area contributed by atoms with Crippen molar-refractivity contribution in [2.45, 2.75) is 46.7 Å². The number of pyridine rings is 2. The molecule has 7 nitrogen and oxygen atoms in total. The third-order valence-corrected chi connectivity index (χ3v) is 5.10. The predicted octanol–water partition coefficient (Wildman–Crippen LogP) is 4.78. The lowest BCUT2D eigenvalue weighted by molar-refractivity contribution is 0.0940. The number of aromatic nitrogens is 4. The summed E-state index contributed by atoms with van der Waals surface area (Å²) in [4.78, 5) is 22.4. The zero-order valence-electron chi connectivity index (χ0n) is 17.8. The summed E-state index contributed by atoms with van der Waals surface area (Å²) < 4.78 is 7.53. The number of amides is 1. The van der Waals surface area contributed by atoms with Gasteiger partial charge in [-0.05, 0) is 58.9 Å². The van der Waals surface area contributed by atoms with Crippen LogP contribution >= 0.6 is 0 Å². The average Bonchev–Trinajstić information content (AvgIpc) is 3.30. The minimum Gasteiger partial charge on any atom is -0.466 e. The fourth-order valence-corrected chi connectivity index (χ4v) is 3.59. The molecule has 7 heteroatoms. The molecule has 0 fully saturated rings. The molecule has 154 valence electrons. The molecule has 30 heavy (non-hydrogen) atoms. The van der Waals surface area contributed by atoms with E-state index in [0.717, 1.165) is 28.2 Å². The maximum absolute atomic E-state index is 13.3. The quantitative estimate of drug-likeness (QED) is 0.518. The van der Waals surface area contributed by atoms with E-state index in [4.69, 9.17) is 9.40 Å². The maximum Gasteiger partial charge on any atom is 0.252 e. The van der Waals surface area contributed by atoms with Crippen LogP contribution in [0, 0.1) is 13.8 Å². The van der Waals surface area contributed by atoms with Crippen molar-refractivity contribution < 1.29 is 9.21 Å². The smallest absolute Gasteiger partial charge is 0.252 e. The van der Waals surface area contributed by atoms with E-state index in [9.17, 15) is 4.79 Å². The third kappa shape index (κ3) is 3.58. The Balaban J connectivity index is 1.81. The van der Waals surface area contributed by atoms with Crippen LogP contribution in [0.1, 0.15) is 60.4 Å². The van der Waals surface area contributed by atoms with Crippen LogP contribution in [-0.2, 0) is 0 Å². The number of carbonyl (C=O) groups excluding carboxylic acids is 1. The second-order valence-corrected chi connectivity index (χ2v) is 7.75. The second kappa shape index (κ2) is 7.74. The number of hydrogen-bond acceptors (Lipinski definition) is 5. The fourth-order valence-electron chi connectivity index (χ4n) is 3.59. The number of rotatable bonds is 5. The van der Waals surface area contributed by atoms with Gasteiger partial charge in [0.25, 0.3) is 5.91 Å². The SMILES string of the molecule is Cc1cc(-c2cc(C(=O)N[C@@H](C)c3ccccn3)c3cnn(C(C)C)c3n2)c(C)o1. The molecule has 0 bridgehead atoms. The van der Waals surface area contributed by atoms with Crippen LogP contribution < -0.4 is 5.32 Å². The second-order valence-electron chi connectivity index (χ2n) is 7.75. The topological polar surface area (TPSA) is 85.8 Å². The van der Waals surface area contributed by atoms with E-state index in [-0.39, 0.29) is 18.0 Å². The van der Waals surface area contributed by atoms with Gasteiger partial charge in [0.15, 0.2) is 5.65 Å². The zero-order valence-corrected chi connectivity index (χ0v) is 17.8. The molecule has 0 radical (unpaired) electrons. The van der Waals surface area contributed by atoms with Crippen molar-refractivity contribution in [2.24, 2.45) is 0 Å². The molecule has 4 aromatic heterocycles. The molecule has 0 spiro atoms. The van der Waals surface area contributed by atoms with Crippen molar-refractivity contribution in [1.82, 2.24) is 25.1 Å². The fraction of sp³-hybridized carbons (Fsp3) is 0.304. The lowest BCUT2D eigenvalue weighted by Crippen LogP contribution is -2.27. The van der Waals surface area contributed by atoms with Gasteiger partial charge in [-0.25, -0.2) is 9.67 Å². The molecule has 1 atom stereocenters. The van der Waals surface area contributed by atoms with E-state index in [1.54, 1.807) is 12.4 Å². The molecule has 4 heterocycles. The van der Waals surface area contributed by atoms with Gasteiger partial charge in [0.05, 0.1) is 34.6 Å². The van der Waals surface area contributed by atoms with Gasteiger partial charge in [0.1, 0.15) is 11.5 Å². The Morgan fingerprint density at radius 3 is 2.60 bits per heavy atom. The molecule has 1 N–H and O–H groups in total. The Labute approximate surface area is 175 Å². The first kappa shape index (κ1) is 19.8. The van der Waals surface area contributed by atoms with Gasteiger partial charge in [-0.15, -0.1) is 0 Å². The van der Waals surface area contributed by atoms with Gasteiger partial charge in [-0.1, -0.05) is 6.07 Å². The number of fused-ring (bicyclic) bond motifs is 1. The first-order chi connectivity index (χ1) is 14.3. The van der Waals surface area contributed by atoms with Crippen LogP contribution in [0.2, 0.25) is 0 Å². The van der Waals surface area contributed by atoms with E-state index in [1.165, 1.54) is 0 Å². The summed E-state index contributed by atoms with van der Waals surface area (Å²) in [5.41, 5.74) is 3.57. The van der Waals surface area contributed by atoms with Crippen LogP contribution in [0.5, 0.6) is 0 Å². The standard InChI is InChI=1S/C23H25N5O2/c1-13(2)28-22-19(12-25-28)18(11-21(27-22)17-10-14(3)30-16(17)5)23(29)26-15(4)20-8-6-7-9-24-20/h6-13,15H,1-5H3,(H,26,29)/t15-/m0/s1. The van der Waals surface area contributed by atoms with E-state index in [2.05, 4.69) is 15.4 Å². The molecule has 0 saturated heterocycles. The van der Waals surface area contributed by atoms with Gasteiger partial charge < -0.3 is 9.73 Å². The van der Waals surface area contributed by atoms with Gasteiger partial charge in [-0.2, -0.15) is 5.10 Å². The molecular formula is C23H25N5O2. The summed E-state index contributed by atoms with van der Waals surface area (Å²) in [5.74, 6) is 1.38. The molecule has 4 aromatic rings. The van der Waals surface area contributed by atoms with Crippen molar-refractivity contribution in [3.05, 3.63) is 65.5 Å². The highest BCUT2D eigenvalue weighted by Crippen LogP contribution is 2.30. The Bertz CT molecular complexity index is 1210. The number of nitrogens with one attached hydrogen (secondary N) is 1. The lowest BCUT2D eigenvalue weighted by atomic mass is 10.1. The molecule has 1 amide bonds. The summed E-state index contributed by atoms with van der Waals surface area (Å²) in [6.07, 6.45) is 3.43. The highest BCUT2D eigenvalue weighted by molar-refractivity contribution is 6.06. The lowest BCUT2D eigenvalue weighted by Gasteiger charge is -2.15. The summed E-state index contributed by atoms with van der Waals surface area (Å²) in [6.45, 7) is 9.79. The summed E-state index contributed by atoms with van der Waals surface area (Å²) in [7, 11) is 0. The number of furan rings is 1. The summed E-state index contributed by atoms with van der Waals surface area (Å²) in [6, 6.07) is 9.29. The Morgan fingerprint density at radius 1 is 1.17 bits per heavy atom. The largest absolute Gasteiger partial charge is 0.466 e. The average molecular weight is 403 g/mol. The molecule has 0 unspecified atom stereocenters. The van der Waals surface area contributed by atoms with Crippen LogP contribution in [0.15, 0.2) is 47.1 Å². The minimum atomic E-state index is -0.233. The molecule has 0 aliphatic heterocycles. The number of nitrogens with zero attached hydrogens (tertiary/aromatic N) is 4. The Kier molecular flexibility index (Phi) is 5.11. The minimum absolute atomic E-state index is 0.112. The summed E-state index contributed by atoms with van der Waals surface area (Å²) >= 11 is 0. The summed E-state index contributed by atoms with van der Waals surface area (Å²) in [5, 5.41) is 8.25. The van der Waals surface area contributed by atoms with Gasteiger partial charge in [-0.3, -0.25) is 9.78 Å². The van der Waals surface area contributed by atoms with Crippen molar-refractivity contribution in [3.63, 3.8) is 0 Å². The molecule has 0 saturated carbocycles. The maximum atomic E-state index is 13.3. The van der Waals surface area contributed by atoms with Gasteiger partial charge >= 0.3 is 0 Å². The Morgan fingerprint density at radius 2 is 1.97 bits per heavy atom. The monoisotopic (exact) mass is 403 g/mol. The van der Waals surface area contributed by atoms with E-state index >= 15 is 0 Å². The number of carbonyl (C=O) groups is 1. The zero-order chi connectivity index (χ0) is 21.4. The highest BCUT2D eigenvalue weighted by atomic mass is 16.3. The molecule has 0 aliphatic rings.